The third-order valence-corrected chi connectivity index (χ3v) is 3.89. The monoisotopic (exact) mass is 326 g/mol. The van der Waals surface area contributed by atoms with Gasteiger partial charge in [0.2, 0.25) is 0 Å². The van der Waals surface area contributed by atoms with Crippen molar-refractivity contribution in [2.45, 2.75) is 32.9 Å². The van der Waals surface area contributed by atoms with Crippen LogP contribution in [0, 0.1) is 0 Å². The number of piperazine rings is 1. The average Bonchev–Trinajstić information content (AvgIpc) is 2.47. The number of halogens is 1. The summed E-state index contributed by atoms with van der Waals surface area (Å²) in [5, 5.41) is 3.80. The molecule has 1 N–H and O–H groups in total. The number of nitrogens with one attached hydrogen (secondary N) is 1. The molecule has 0 radical (unpaired) electrons. The fraction of sp³-hybridized carbons (Fsp3) is 0.562. The molecule has 2 unspecified atom stereocenters. The number of carbonyl (C=O) groups excluding carboxylic acids is 1. The van der Waals surface area contributed by atoms with Crippen LogP contribution in [0.3, 0.4) is 0 Å². The molecule has 1 aromatic rings. The Labute approximate surface area is 136 Å². The third-order valence-electron chi connectivity index (χ3n) is 3.61. The van der Waals surface area contributed by atoms with Gasteiger partial charge < -0.3 is 19.7 Å². The summed E-state index contributed by atoms with van der Waals surface area (Å²) in [4.78, 5) is 14.6. The Balaban J connectivity index is 2.28. The van der Waals surface area contributed by atoms with Crippen molar-refractivity contribution in [1.29, 1.82) is 0 Å². The number of rotatable bonds is 4. The zero-order chi connectivity index (χ0) is 16.3. The molecule has 1 aliphatic heterocycles. The van der Waals surface area contributed by atoms with Crippen LogP contribution in [0.15, 0.2) is 12.1 Å². The van der Waals surface area contributed by atoms with E-state index in [1.165, 1.54) is 7.11 Å². The fourth-order valence-corrected chi connectivity index (χ4v) is 3.07. The molecule has 0 spiro atoms. The Kier molecular flexibility index (Phi) is 5.53. The van der Waals surface area contributed by atoms with Crippen LogP contribution in [-0.2, 0) is 0 Å². The molecule has 0 aromatic heterocycles. The van der Waals surface area contributed by atoms with Crippen molar-refractivity contribution in [1.82, 2.24) is 10.2 Å². The molecule has 122 valence electrons. The van der Waals surface area contributed by atoms with E-state index in [4.69, 9.17) is 21.1 Å². The second-order valence-corrected chi connectivity index (χ2v) is 6.01. The zero-order valence-electron chi connectivity index (χ0n) is 13.5. The molecule has 2 atom stereocenters. The minimum atomic E-state index is -0.0385. The first-order chi connectivity index (χ1) is 10.5. The molecule has 5 nitrogen and oxygen atoms in total. The van der Waals surface area contributed by atoms with Crippen molar-refractivity contribution in [2.75, 3.05) is 26.8 Å². The van der Waals surface area contributed by atoms with Gasteiger partial charge in [0.05, 0.1) is 18.7 Å². The van der Waals surface area contributed by atoms with Gasteiger partial charge in [-0.05, 0) is 32.9 Å². The summed E-state index contributed by atoms with van der Waals surface area (Å²) in [6.45, 7) is 7.85. The molecule has 1 aliphatic rings. The number of hydrogen-bond donors (Lipinski definition) is 1. The summed E-state index contributed by atoms with van der Waals surface area (Å²) in [6.07, 6.45) is 0. The fourth-order valence-electron chi connectivity index (χ4n) is 2.80. The van der Waals surface area contributed by atoms with Crippen molar-refractivity contribution >= 4 is 17.5 Å². The molecule has 1 aromatic carbocycles. The van der Waals surface area contributed by atoms with Gasteiger partial charge in [-0.3, -0.25) is 4.79 Å². The normalized spacial score (nSPS) is 21.6. The molecule has 1 heterocycles. The lowest BCUT2D eigenvalue weighted by atomic mass is 10.1. The highest BCUT2D eigenvalue weighted by molar-refractivity contribution is 6.32. The number of carbonyl (C=O) groups is 1. The van der Waals surface area contributed by atoms with Gasteiger partial charge in [0, 0.05) is 30.7 Å². The number of hydrogen-bond acceptors (Lipinski definition) is 4. The largest absolute Gasteiger partial charge is 0.493 e. The number of ether oxygens (including phenoxy) is 2. The van der Waals surface area contributed by atoms with Gasteiger partial charge in [-0.2, -0.15) is 0 Å². The van der Waals surface area contributed by atoms with Gasteiger partial charge in [-0.25, -0.2) is 0 Å². The zero-order valence-corrected chi connectivity index (χ0v) is 14.2. The maximum absolute atomic E-state index is 12.7. The van der Waals surface area contributed by atoms with E-state index in [2.05, 4.69) is 19.2 Å². The standard InChI is InChI=1S/C16H23ClN2O3/c1-5-22-15-13(17)6-12(7-14(15)21-4)16(20)19-8-10(2)18-11(3)9-19/h6-7,10-11,18H,5,8-9H2,1-4H3. The summed E-state index contributed by atoms with van der Waals surface area (Å²) >= 11 is 6.24. The molecular weight excluding hydrogens is 304 g/mol. The smallest absolute Gasteiger partial charge is 0.254 e. The molecule has 0 saturated carbocycles. The van der Waals surface area contributed by atoms with Gasteiger partial charge in [-0.15, -0.1) is 0 Å². The third kappa shape index (κ3) is 3.65. The highest BCUT2D eigenvalue weighted by atomic mass is 35.5. The lowest BCUT2D eigenvalue weighted by Crippen LogP contribution is -2.55. The Morgan fingerprint density at radius 1 is 1.36 bits per heavy atom. The van der Waals surface area contributed by atoms with E-state index in [0.717, 1.165) is 0 Å². The number of nitrogens with zero attached hydrogens (tertiary/aromatic N) is 1. The Bertz CT molecular complexity index is 540. The van der Waals surface area contributed by atoms with E-state index < -0.39 is 0 Å². The first-order valence-corrected chi connectivity index (χ1v) is 7.89. The number of benzene rings is 1. The molecule has 1 saturated heterocycles. The Hall–Kier alpha value is -1.46. The van der Waals surface area contributed by atoms with Crippen molar-refractivity contribution in [3.63, 3.8) is 0 Å². The van der Waals surface area contributed by atoms with Crippen LogP contribution >= 0.6 is 11.6 Å². The van der Waals surface area contributed by atoms with Gasteiger partial charge >= 0.3 is 0 Å². The van der Waals surface area contributed by atoms with Gasteiger partial charge in [-0.1, -0.05) is 11.6 Å². The predicted molar refractivity (Wildman–Crippen MR) is 87.1 cm³/mol. The summed E-state index contributed by atoms with van der Waals surface area (Å²) in [5.74, 6) is 0.919. The molecule has 1 fully saturated rings. The highest BCUT2D eigenvalue weighted by Crippen LogP contribution is 2.36. The predicted octanol–water partition coefficient (Wildman–Crippen LogP) is 2.57. The van der Waals surface area contributed by atoms with E-state index >= 15 is 0 Å². The van der Waals surface area contributed by atoms with E-state index in [-0.39, 0.29) is 18.0 Å². The topological polar surface area (TPSA) is 50.8 Å². The lowest BCUT2D eigenvalue weighted by Gasteiger charge is -2.36. The second-order valence-electron chi connectivity index (χ2n) is 5.60. The van der Waals surface area contributed by atoms with Crippen molar-refractivity contribution in [3.8, 4) is 11.5 Å². The first kappa shape index (κ1) is 16.9. The number of amides is 1. The minimum absolute atomic E-state index is 0.0385. The van der Waals surface area contributed by atoms with Crippen molar-refractivity contribution in [2.24, 2.45) is 0 Å². The molecular formula is C16H23ClN2O3. The maximum atomic E-state index is 12.7. The molecule has 22 heavy (non-hydrogen) atoms. The van der Waals surface area contributed by atoms with E-state index in [0.29, 0.717) is 41.8 Å². The molecule has 0 aliphatic carbocycles. The summed E-state index contributed by atoms with van der Waals surface area (Å²) in [7, 11) is 1.54. The molecule has 6 heteroatoms. The minimum Gasteiger partial charge on any atom is -0.493 e. The molecule has 0 bridgehead atoms. The molecule has 1 amide bonds. The van der Waals surface area contributed by atoms with Crippen LogP contribution in [0.4, 0.5) is 0 Å². The maximum Gasteiger partial charge on any atom is 0.254 e. The van der Waals surface area contributed by atoms with Gasteiger partial charge in [0.1, 0.15) is 0 Å². The van der Waals surface area contributed by atoms with E-state index in [9.17, 15) is 4.79 Å². The van der Waals surface area contributed by atoms with Crippen LogP contribution in [0.25, 0.3) is 0 Å². The van der Waals surface area contributed by atoms with Crippen LogP contribution in [-0.4, -0.2) is 49.7 Å². The average molecular weight is 327 g/mol. The number of methoxy groups -OCH3 is 1. The van der Waals surface area contributed by atoms with Gasteiger partial charge in [0.15, 0.2) is 11.5 Å². The van der Waals surface area contributed by atoms with Crippen LogP contribution in [0.5, 0.6) is 11.5 Å². The Morgan fingerprint density at radius 2 is 2.00 bits per heavy atom. The van der Waals surface area contributed by atoms with Crippen molar-refractivity contribution < 1.29 is 14.3 Å². The van der Waals surface area contributed by atoms with E-state index in [1.54, 1.807) is 12.1 Å². The Morgan fingerprint density at radius 3 is 2.55 bits per heavy atom. The SMILES string of the molecule is CCOc1c(Cl)cc(C(=O)N2CC(C)NC(C)C2)cc1OC. The van der Waals surface area contributed by atoms with Crippen molar-refractivity contribution in [3.05, 3.63) is 22.7 Å². The molecule has 2 rings (SSSR count). The quantitative estimate of drug-likeness (QED) is 0.924. The second kappa shape index (κ2) is 7.20. The summed E-state index contributed by atoms with van der Waals surface area (Å²) < 4.78 is 10.8. The summed E-state index contributed by atoms with van der Waals surface area (Å²) in [6, 6.07) is 3.88. The summed E-state index contributed by atoms with van der Waals surface area (Å²) in [5.41, 5.74) is 0.520. The van der Waals surface area contributed by atoms with Gasteiger partial charge in [0.25, 0.3) is 5.91 Å². The first-order valence-electron chi connectivity index (χ1n) is 7.51. The van der Waals surface area contributed by atoms with E-state index in [1.807, 2.05) is 11.8 Å². The van der Waals surface area contributed by atoms with Crippen LogP contribution in [0.2, 0.25) is 5.02 Å². The van der Waals surface area contributed by atoms with Crippen LogP contribution in [0.1, 0.15) is 31.1 Å². The van der Waals surface area contributed by atoms with Crippen LogP contribution < -0.4 is 14.8 Å². The lowest BCUT2D eigenvalue weighted by molar-refractivity contribution is 0.0673. The highest BCUT2D eigenvalue weighted by Gasteiger charge is 2.26.